The number of halogens is 4. The van der Waals surface area contributed by atoms with Crippen molar-refractivity contribution in [2.45, 2.75) is 13.3 Å². The Morgan fingerprint density at radius 3 is 2.40 bits per heavy atom. The van der Waals surface area contributed by atoms with Gasteiger partial charge in [-0.15, -0.1) is 13.2 Å². The smallest absolute Gasteiger partial charge is 0.402 e. The molecule has 0 spiro atoms. The summed E-state index contributed by atoms with van der Waals surface area (Å²) >= 11 is 0. The maximum atomic E-state index is 13.0. The van der Waals surface area contributed by atoms with E-state index in [1.54, 1.807) is 0 Å². The minimum atomic E-state index is -5.02. The molecule has 0 radical (unpaired) electrons. The lowest BCUT2D eigenvalue weighted by molar-refractivity contribution is -0.275. The molecule has 0 saturated heterocycles. The van der Waals surface area contributed by atoms with Crippen molar-refractivity contribution in [3.63, 3.8) is 0 Å². The molecule has 0 N–H and O–H groups in total. The van der Waals surface area contributed by atoms with Crippen molar-refractivity contribution in [2.75, 3.05) is 0 Å². The molecule has 82 valence electrons. The quantitative estimate of drug-likeness (QED) is 0.568. The van der Waals surface area contributed by atoms with Crippen LogP contribution in [-0.4, -0.2) is 12.1 Å². The fourth-order valence-electron chi connectivity index (χ4n) is 1.01. The van der Waals surface area contributed by atoms with E-state index in [-0.39, 0.29) is 0 Å². The number of ether oxygens (including phenoxy) is 1. The van der Waals surface area contributed by atoms with Gasteiger partial charge in [0.05, 0.1) is 5.56 Å². The Hall–Kier alpha value is -1.59. The largest absolute Gasteiger partial charge is 0.573 e. The molecular weight excluding hydrogens is 216 g/mol. The maximum Gasteiger partial charge on any atom is 0.573 e. The molecule has 0 bridgehead atoms. The van der Waals surface area contributed by atoms with Crippen LogP contribution in [0.15, 0.2) is 18.2 Å². The first-order valence-electron chi connectivity index (χ1n) is 3.86. The average Bonchev–Trinajstić information content (AvgIpc) is 2.05. The van der Waals surface area contributed by atoms with Crippen LogP contribution in [0.1, 0.15) is 17.3 Å². The number of ketones is 1. The van der Waals surface area contributed by atoms with Gasteiger partial charge in [0.25, 0.3) is 0 Å². The summed E-state index contributed by atoms with van der Waals surface area (Å²) in [5.41, 5.74) is -0.438. The summed E-state index contributed by atoms with van der Waals surface area (Å²) in [6.07, 6.45) is -5.02. The molecule has 0 fully saturated rings. The normalized spacial score (nSPS) is 11.3. The Morgan fingerprint density at radius 1 is 1.33 bits per heavy atom. The molecule has 1 aromatic carbocycles. The van der Waals surface area contributed by atoms with E-state index in [1.165, 1.54) is 0 Å². The van der Waals surface area contributed by atoms with Crippen LogP contribution in [0.2, 0.25) is 0 Å². The van der Waals surface area contributed by atoms with Gasteiger partial charge in [-0.1, -0.05) is 6.07 Å². The predicted octanol–water partition coefficient (Wildman–Crippen LogP) is 2.93. The van der Waals surface area contributed by atoms with Gasteiger partial charge in [-0.25, -0.2) is 4.39 Å². The van der Waals surface area contributed by atoms with Crippen molar-refractivity contribution in [1.82, 2.24) is 0 Å². The first kappa shape index (κ1) is 11.5. The zero-order valence-corrected chi connectivity index (χ0v) is 7.56. The SMILES string of the molecule is CC(=O)c1cccc(F)c1OC(F)(F)F. The molecule has 0 aliphatic heterocycles. The van der Waals surface area contributed by atoms with Crippen LogP contribution in [0.25, 0.3) is 0 Å². The molecule has 2 nitrogen and oxygen atoms in total. The van der Waals surface area contributed by atoms with Gasteiger partial charge in [-0.2, -0.15) is 0 Å². The number of carbonyl (C=O) groups is 1. The summed E-state index contributed by atoms with van der Waals surface area (Å²) in [7, 11) is 0. The van der Waals surface area contributed by atoms with Crippen LogP contribution in [0.5, 0.6) is 5.75 Å². The molecule has 0 saturated carbocycles. The fraction of sp³-hybridized carbons (Fsp3) is 0.222. The van der Waals surface area contributed by atoms with Crippen molar-refractivity contribution in [1.29, 1.82) is 0 Å². The number of rotatable bonds is 2. The molecule has 0 aliphatic carbocycles. The molecule has 0 aromatic heterocycles. The number of para-hydroxylation sites is 1. The number of carbonyl (C=O) groups excluding carboxylic acids is 1. The Kier molecular flexibility index (Phi) is 2.97. The Bertz CT molecular complexity index is 384. The van der Waals surface area contributed by atoms with Crippen LogP contribution in [0.3, 0.4) is 0 Å². The fourth-order valence-corrected chi connectivity index (χ4v) is 1.01. The number of alkyl halides is 3. The number of Topliss-reactive ketones (excluding diaryl/α,β-unsaturated/α-hetero) is 1. The summed E-state index contributed by atoms with van der Waals surface area (Å²) in [5, 5.41) is 0. The highest BCUT2D eigenvalue weighted by atomic mass is 19.4. The van der Waals surface area contributed by atoms with Gasteiger partial charge in [0.1, 0.15) is 0 Å². The highest BCUT2D eigenvalue weighted by molar-refractivity contribution is 5.96. The Labute approximate surface area is 82.5 Å². The zero-order chi connectivity index (χ0) is 11.6. The number of benzene rings is 1. The number of hydrogen-bond donors (Lipinski definition) is 0. The third-order valence-corrected chi connectivity index (χ3v) is 1.56. The first-order chi connectivity index (χ1) is 6.81. The summed E-state index contributed by atoms with van der Waals surface area (Å²) in [4.78, 5) is 10.9. The van der Waals surface area contributed by atoms with E-state index in [4.69, 9.17) is 0 Å². The summed E-state index contributed by atoms with van der Waals surface area (Å²) in [6, 6.07) is 2.98. The number of hydrogen-bond acceptors (Lipinski definition) is 2. The van der Waals surface area contributed by atoms with Crippen molar-refractivity contribution in [3.05, 3.63) is 29.6 Å². The second kappa shape index (κ2) is 3.88. The molecule has 0 unspecified atom stereocenters. The molecule has 15 heavy (non-hydrogen) atoms. The van der Waals surface area contributed by atoms with Crippen molar-refractivity contribution in [3.8, 4) is 5.75 Å². The third kappa shape index (κ3) is 2.93. The molecule has 0 aliphatic rings. The van der Waals surface area contributed by atoms with Crippen LogP contribution >= 0.6 is 0 Å². The van der Waals surface area contributed by atoms with Crippen LogP contribution in [0, 0.1) is 5.82 Å². The van der Waals surface area contributed by atoms with Crippen molar-refractivity contribution >= 4 is 5.78 Å². The second-order valence-corrected chi connectivity index (χ2v) is 2.72. The van der Waals surface area contributed by atoms with E-state index in [2.05, 4.69) is 4.74 Å². The second-order valence-electron chi connectivity index (χ2n) is 2.72. The van der Waals surface area contributed by atoms with E-state index in [0.717, 1.165) is 25.1 Å². The first-order valence-corrected chi connectivity index (χ1v) is 3.86. The van der Waals surface area contributed by atoms with E-state index in [9.17, 15) is 22.4 Å². The van der Waals surface area contributed by atoms with Crippen molar-refractivity contribution in [2.24, 2.45) is 0 Å². The van der Waals surface area contributed by atoms with Gasteiger partial charge < -0.3 is 4.74 Å². The summed E-state index contributed by atoms with van der Waals surface area (Å²) < 4.78 is 52.0. The molecule has 1 aromatic rings. The van der Waals surface area contributed by atoms with Crippen LogP contribution in [0.4, 0.5) is 17.6 Å². The van der Waals surface area contributed by atoms with E-state index in [0.29, 0.717) is 0 Å². The van der Waals surface area contributed by atoms with Gasteiger partial charge in [-0.05, 0) is 19.1 Å². The van der Waals surface area contributed by atoms with Crippen LogP contribution in [-0.2, 0) is 0 Å². The molecular formula is C9H6F4O2. The lowest BCUT2D eigenvalue weighted by Gasteiger charge is -2.12. The lowest BCUT2D eigenvalue weighted by Crippen LogP contribution is -2.19. The highest BCUT2D eigenvalue weighted by Crippen LogP contribution is 2.29. The average molecular weight is 222 g/mol. The van der Waals surface area contributed by atoms with E-state index in [1.807, 2.05) is 0 Å². The Balaban J connectivity index is 3.19. The summed E-state index contributed by atoms with van der Waals surface area (Å²) in [5.74, 6) is -3.01. The highest BCUT2D eigenvalue weighted by Gasteiger charge is 2.34. The molecule has 1 rings (SSSR count). The van der Waals surface area contributed by atoms with Gasteiger partial charge in [-0.3, -0.25) is 4.79 Å². The molecule has 0 atom stereocenters. The van der Waals surface area contributed by atoms with E-state index >= 15 is 0 Å². The Morgan fingerprint density at radius 2 is 1.93 bits per heavy atom. The van der Waals surface area contributed by atoms with Crippen molar-refractivity contribution < 1.29 is 27.1 Å². The van der Waals surface area contributed by atoms with Gasteiger partial charge in [0, 0.05) is 0 Å². The van der Waals surface area contributed by atoms with Crippen LogP contribution < -0.4 is 4.74 Å². The monoisotopic (exact) mass is 222 g/mol. The minimum absolute atomic E-state index is 0.438. The molecule has 0 amide bonds. The third-order valence-electron chi connectivity index (χ3n) is 1.56. The lowest BCUT2D eigenvalue weighted by atomic mass is 10.1. The molecule has 6 heteroatoms. The zero-order valence-electron chi connectivity index (χ0n) is 7.56. The topological polar surface area (TPSA) is 26.3 Å². The van der Waals surface area contributed by atoms with Gasteiger partial charge in [0.2, 0.25) is 0 Å². The van der Waals surface area contributed by atoms with E-state index < -0.39 is 29.3 Å². The molecule has 0 heterocycles. The summed E-state index contributed by atoms with van der Waals surface area (Å²) in [6.45, 7) is 1.03. The minimum Gasteiger partial charge on any atom is -0.402 e. The maximum absolute atomic E-state index is 13.0. The van der Waals surface area contributed by atoms with Gasteiger partial charge >= 0.3 is 6.36 Å². The standard InChI is InChI=1S/C9H6F4O2/c1-5(14)6-3-2-4-7(10)8(6)15-9(11,12)13/h2-4H,1H3. The van der Waals surface area contributed by atoms with Gasteiger partial charge in [0.15, 0.2) is 17.3 Å². The predicted molar refractivity (Wildman–Crippen MR) is 43.1 cm³/mol.